The zero-order valence-electron chi connectivity index (χ0n) is 9.75. The standard InChI is InChI=1S/C12H16F2N2S/c1-16(9-4-5-17-7-9)10-3-2-8(6-15)11(13)12(10)14/h2-3,9H,4-7,15H2,1H3. The van der Waals surface area contributed by atoms with Crippen LogP contribution in [0, 0.1) is 11.6 Å². The van der Waals surface area contributed by atoms with Crippen LogP contribution in [0.2, 0.25) is 0 Å². The lowest BCUT2D eigenvalue weighted by molar-refractivity contribution is 0.495. The summed E-state index contributed by atoms with van der Waals surface area (Å²) >= 11 is 1.85. The van der Waals surface area contributed by atoms with Gasteiger partial charge < -0.3 is 10.6 Å². The van der Waals surface area contributed by atoms with Gasteiger partial charge in [-0.25, -0.2) is 8.78 Å². The van der Waals surface area contributed by atoms with Crippen LogP contribution in [0.3, 0.4) is 0 Å². The van der Waals surface area contributed by atoms with E-state index in [0.29, 0.717) is 5.69 Å². The maximum Gasteiger partial charge on any atom is 0.182 e. The first-order chi connectivity index (χ1) is 8.15. The van der Waals surface area contributed by atoms with Crippen LogP contribution >= 0.6 is 11.8 Å². The van der Waals surface area contributed by atoms with E-state index < -0.39 is 11.6 Å². The second-order valence-electron chi connectivity index (χ2n) is 4.20. The van der Waals surface area contributed by atoms with Crippen LogP contribution in [0.1, 0.15) is 12.0 Å². The molecule has 1 heterocycles. The molecule has 1 aliphatic rings. The van der Waals surface area contributed by atoms with Crippen LogP contribution in [0.4, 0.5) is 14.5 Å². The SMILES string of the molecule is CN(c1ccc(CN)c(F)c1F)C1CCSC1. The predicted molar refractivity (Wildman–Crippen MR) is 68.4 cm³/mol. The molecule has 2 rings (SSSR count). The Kier molecular flexibility index (Phi) is 3.89. The van der Waals surface area contributed by atoms with E-state index in [1.54, 1.807) is 12.1 Å². The van der Waals surface area contributed by atoms with Crippen molar-refractivity contribution in [3.8, 4) is 0 Å². The fraction of sp³-hybridized carbons (Fsp3) is 0.500. The Bertz CT molecular complexity index is 406. The fourth-order valence-electron chi connectivity index (χ4n) is 2.03. The van der Waals surface area contributed by atoms with Gasteiger partial charge in [-0.2, -0.15) is 11.8 Å². The molecule has 17 heavy (non-hydrogen) atoms. The van der Waals surface area contributed by atoms with E-state index in [1.165, 1.54) is 0 Å². The zero-order valence-corrected chi connectivity index (χ0v) is 10.6. The first kappa shape index (κ1) is 12.6. The fourth-order valence-corrected chi connectivity index (χ4v) is 3.30. The van der Waals surface area contributed by atoms with Crippen LogP contribution in [-0.2, 0) is 6.54 Å². The molecule has 1 fully saturated rings. The lowest BCUT2D eigenvalue weighted by Gasteiger charge is -2.26. The normalized spacial score (nSPS) is 19.6. The second-order valence-corrected chi connectivity index (χ2v) is 5.35. The van der Waals surface area contributed by atoms with Gasteiger partial charge in [-0.1, -0.05) is 6.07 Å². The summed E-state index contributed by atoms with van der Waals surface area (Å²) in [5, 5.41) is 0. The average molecular weight is 258 g/mol. The van der Waals surface area contributed by atoms with E-state index in [2.05, 4.69) is 0 Å². The molecular weight excluding hydrogens is 242 g/mol. The van der Waals surface area contributed by atoms with E-state index in [1.807, 2.05) is 23.7 Å². The molecule has 1 aromatic carbocycles. The Labute approximate surface area is 104 Å². The van der Waals surface area contributed by atoms with Crippen LogP contribution in [0.25, 0.3) is 0 Å². The number of nitrogens with zero attached hydrogens (tertiary/aromatic N) is 1. The van der Waals surface area contributed by atoms with Crippen molar-refractivity contribution >= 4 is 17.4 Å². The minimum atomic E-state index is -0.817. The molecule has 94 valence electrons. The van der Waals surface area contributed by atoms with Gasteiger partial charge in [-0.05, 0) is 18.2 Å². The van der Waals surface area contributed by atoms with Gasteiger partial charge in [0.1, 0.15) is 0 Å². The minimum absolute atomic E-state index is 0.0199. The van der Waals surface area contributed by atoms with Crippen LogP contribution in [0.15, 0.2) is 12.1 Å². The molecule has 2 N–H and O–H groups in total. The summed E-state index contributed by atoms with van der Waals surface area (Å²) in [5.74, 6) is 0.450. The van der Waals surface area contributed by atoms with Crippen molar-refractivity contribution in [1.82, 2.24) is 0 Å². The third-order valence-electron chi connectivity index (χ3n) is 3.20. The van der Waals surface area contributed by atoms with E-state index in [9.17, 15) is 8.78 Å². The smallest absolute Gasteiger partial charge is 0.182 e. The van der Waals surface area contributed by atoms with Crippen LogP contribution in [0.5, 0.6) is 0 Å². The summed E-state index contributed by atoms with van der Waals surface area (Å²) in [4.78, 5) is 1.83. The van der Waals surface area contributed by atoms with Gasteiger partial charge in [0.15, 0.2) is 11.6 Å². The highest BCUT2D eigenvalue weighted by Crippen LogP contribution is 2.29. The van der Waals surface area contributed by atoms with Crippen molar-refractivity contribution in [2.24, 2.45) is 5.73 Å². The maximum atomic E-state index is 13.9. The molecule has 0 aromatic heterocycles. The monoisotopic (exact) mass is 258 g/mol. The number of anilines is 1. The van der Waals surface area contributed by atoms with Gasteiger partial charge in [0.2, 0.25) is 0 Å². The second kappa shape index (κ2) is 5.23. The Morgan fingerprint density at radius 2 is 2.18 bits per heavy atom. The highest BCUT2D eigenvalue weighted by Gasteiger charge is 2.24. The Balaban J connectivity index is 2.29. The molecule has 0 amide bonds. The zero-order chi connectivity index (χ0) is 12.4. The number of halogens is 2. The largest absolute Gasteiger partial charge is 0.368 e. The first-order valence-electron chi connectivity index (χ1n) is 5.62. The highest BCUT2D eigenvalue weighted by atomic mass is 32.2. The molecule has 1 aromatic rings. The van der Waals surface area contributed by atoms with E-state index in [4.69, 9.17) is 5.73 Å². The Hall–Kier alpha value is -0.810. The van der Waals surface area contributed by atoms with E-state index in [-0.39, 0.29) is 18.2 Å². The van der Waals surface area contributed by atoms with Crippen LogP contribution in [-0.4, -0.2) is 24.6 Å². The Morgan fingerprint density at radius 3 is 2.76 bits per heavy atom. The highest BCUT2D eigenvalue weighted by molar-refractivity contribution is 7.99. The van der Waals surface area contributed by atoms with E-state index in [0.717, 1.165) is 17.9 Å². The van der Waals surface area contributed by atoms with Crippen molar-refractivity contribution in [2.75, 3.05) is 23.5 Å². The first-order valence-corrected chi connectivity index (χ1v) is 6.78. The summed E-state index contributed by atoms with van der Waals surface area (Å²) in [5.41, 5.74) is 5.89. The van der Waals surface area contributed by atoms with Crippen molar-refractivity contribution in [2.45, 2.75) is 19.0 Å². The van der Waals surface area contributed by atoms with Gasteiger partial charge in [0.05, 0.1) is 5.69 Å². The summed E-state index contributed by atoms with van der Waals surface area (Å²) in [6.45, 7) is 0.0199. The van der Waals surface area contributed by atoms with Gasteiger partial charge >= 0.3 is 0 Å². The Morgan fingerprint density at radius 1 is 1.41 bits per heavy atom. The van der Waals surface area contributed by atoms with Gasteiger partial charge in [0.25, 0.3) is 0 Å². The van der Waals surface area contributed by atoms with E-state index >= 15 is 0 Å². The van der Waals surface area contributed by atoms with Gasteiger partial charge in [-0.15, -0.1) is 0 Å². The van der Waals surface area contributed by atoms with Gasteiger partial charge in [-0.3, -0.25) is 0 Å². The number of rotatable bonds is 3. The molecule has 5 heteroatoms. The molecule has 1 unspecified atom stereocenters. The van der Waals surface area contributed by atoms with Crippen LogP contribution < -0.4 is 10.6 Å². The third-order valence-corrected chi connectivity index (χ3v) is 4.34. The molecule has 1 saturated heterocycles. The molecular formula is C12H16F2N2S. The van der Waals surface area contributed by atoms with Crippen molar-refractivity contribution in [3.63, 3.8) is 0 Å². The molecule has 0 spiro atoms. The molecule has 0 bridgehead atoms. The lowest BCUT2D eigenvalue weighted by Crippen LogP contribution is -2.32. The summed E-state index contributed by atoms with van der Waals surface area (Å²) < 4.78 is 27.5. The average Bonchev–Trinajstić information content (AvgIpc) is 2.85. The van der Waals surface area contributed by atoms with Crippen molar-refractivity contribution in [1.29, 1.82) is 0 Å². The minimum Gasteiger partial charge on any atom is -0.368 e. The molecule has 0 saturated carbocycles. The third kappa shape index (κ3) is 2.40. The summed E-state index contributed by atoms with van der Waals surface area (Å²) in [6.07, 6.45) is 1.01. The van der Waals surface area contributed by atoms with Crippen molar-refractivity contribution < 1.29 is 8.78 Å². The maximum absolute atomic E-state index is 13.9. The molecule has 2 nitrogen and oxygen atoms in total. The number of nitrogens with two attached hydrogens (primary N) is 1. The summed E-state index contributed by atoms with van der Waals surface area (Å²) in [7, 11) is 1.82. The van der Waals surface area contributed by atoms with Crippen molar-refractivity contribution in [3.05, 3.63) is 29.3 Å². The number of hydrogen-bond acceptors (Lipinski definition) is 3. The quantitative estimate of drug-likeness (QED) is 0.902. The van der Waals surface area contributed by atoms with Gasteiger partial charge in [0, 0.05) is 31.0 Å². The lowest BCUT2D eigenvalue weighted by atomic mass is 10.1. The molecule has 0 radical (unpaired) electrons. The predicted octanol–water partition coefficient (Wildman–Crippen LogP) is 2.37. The number of benzene rings is 1. The molecule has 1 atom stereocenters. The number of hydrogen-bond donors (Lipinski definition) is 1. The molecule has 1 aliphatic heterocycles. The number of thioether (sulfide) groups is 1. The topological polar surface area (TPSA) is 29.3 Å². The summed E-state index contributed by atoms with van der Waals surface area (Å²) in [6, 6.07) is 3.47. The molecule has 0 aliphatic carbocycles.